The molecule has 0 aromatic rings. The summed E-state index contributed by atoms with van der Waals surface area (Å²) in [6, 6.07) is -0.157. The summed E-state index contributed by atoms with van der Waals surface area (Å²) < 4.78 is 0. The maximum absolute atomic E-state index is 11.3. The molecule has 1 unspecified atom stereocenters. The van der Waals surface area contributed by atoms with Crippen LogP contribution in [0.4, 0.5) is 0 Å². The number of carbonyl (C=O) groups excluding carboxylic acids is 1. The largest absolute Gasteiger partial charge is 0.368 e. The predicted octanol–water partition coefficient (Wildman–Crippen LogP) is 0.962. The van der Waals surface area contributed by atoms with Gasteiger partial charge in [0, 0.05) is 19.6 Å². The van der Waals surface area contributed by atoms with Crippen LogP contribution in [-0.4, -0.2) is 43.0 Å². The number of nitrogens with two attached hydrogens (primary N) is 1. The van der Waals surface area contributed by atoms with Gasteiger partial charge in [-0.05, 0) is 50.5 Å². The van der Waals surface area contributed by atoms with E-state index in [1.165, 1.54) is 38.8 Å². The molecule has 3 N–H and O–H groups in total. The Hall–Kier alpha value is -0.610. The molecule has 2 aliphatic rings. The van der Waals surface area contributed by atoms with Crippen molar-refractivity contribution in [3.05, 3.63) is 0 Å². The van der Waals surface area contributed by atoms with Gasteiger partial charge in [-0.25, -0.2) is 0 Å². The average Bonchev–Trinajstić information content (AvgIpc) is 3.18. The van der Waals surface area contributed by atoms with Crippen molar-refractivity contribution in [1.82, 2.24) is 10.2 Å². The van der Waals surface area contributed by atoms with Gasteiger partial charge in [0.1, 0.15) is 0 Å². The number of primary amides is 1. The van der Waals surface area contributed by atoms with E-state index in [9.17, 15) is 4.79 Å². The summed E-state index contributed by atoms with van der Waals surface area (Å²) in [4.78, 5) is 13.9. The highest BCUT2D eigenvalue weighted by Crippen LogP contribution is 2.33. The zero-order valence-electron chi connectivity index (χ0n) is 11.5. The molecule has 1 atom stereocenters. The molecule has 0 heterocycles. The first kappa shape index (κ1) is 13.8. The number of likely N-dealkylation sites (N-methyl/N-ethyl adjacent to an activating group) is 1. The standard InChI is InChI=1S/C14H27N3O/c1-2-16-13(14(15)18)7-8-17(9-11-3-4-11)10-12-5-6-12/h11-13,16H,2-10H2,1H3,(H2,15,18). The molecule has 1 amide bonds. The monoisotopic (exact) mass is 253 g/mol. The molecule has 2 aliphatic carbocycles. The Kier molecular flexibility index (Phi) is 5.01. The lowest BCUT2D eigenvalue weighted by Crippen LogP contribution is -2.44. The Labute approximate surface area is 110 Å². The van der Waals surface area contributed by atoms with Gasteiger partial charge in [-0.15, -0.1) is 0 Å². The second-order valence-corrected chi connectivity index (χ2v) is 5.95. The highest BCUT2D eigenvalue weighted by molar-refractivity contribution is 5.79. The van der Waals surface area contributed by atoms with Crippen LogP contribution in [0.3, 0.4) is 0 Å². The van der Waals surface area contributed by atoms with Crippen molar-refractivity contribution >= 4 is 5.91 Å². The molecular formula is C14H27N3O. The SMILES string of the molecule is CCNC(CCN(CC1CC1)CC1CC1)C(N)=O. The molecule has 0 bridgehead atoms. The van der Waals surface area contributed by atoms with E-state index in [4.69, 9.17) is 5.73 Å². The second-order valence-electron chi connectivity index (χ2n) is 5.95. The van der Waals surface area contributed by atoms with E-state index >= 15 is 0 Å². The number of carbonyl (C=O) groups is 1. The molecule has 0 aromatic heterocycles. The van der Waals surface area contributed by atoms with Gasteiger partial charge < -0.3 is 16.0 Å². The van der Waals surface area contributed by atoms with E-state index in [-0.39, 0.29) is 11.9 Å². The van der Waals surface area contributed by atoms with Crippen LogP contribution in [0.15, 0.2) is 0 Å². The van der Waals surface area contributed by atoms with Gasteiger partial charge in [0.25, 0.3) is 0 Å². The number of hydrogen-bond acceptors (Lipinski definition) is 3. The van der Waals surface area contributed by atoms with E-state index < -0.39 is 0 Å². The highest BCUT2D eigenvalue weighted by Gasteiger charge is 2.29. The van der Waals surface area contributed by atoms with Crippen LogP contribution >= 0.6 is 0 Å². The van der Waals surface area contributed by atoms with E-state index in [2.05, 4.69) is 10.2 Å². The molecule has 4 nitrogen and oxygen atoms in total. The third-order valence-corrected chi connectivity index (χ3v) is 3.95. The van der Waals surface area contributed by atoms with Gasteiger partial charge in [-0.2, -0.15) is 0 Å². The Morgan fingerprint density at radius 3 is 2.22 bits per heavy atom. The summed E-state index contributed by atoms with van der Waals surface area (Å²) in [6.07, 6.45) is 6.44. The minimum atomic E-state index is -0.213. The first-order chi connectivity index (χ1) is 8.69. The van der Waals surface area contributed by atoms with Gasteiger partial charge >= 0.3 is 0 Å². The van der Waals surface area contributed by atoms with Crippen molar-refractivity contribution in [2.45, 2.75) is 45.1 Å². The summed E-state index contributed by atoms with van der Waals surface area (Å²) in [6.45, 7) is 6.29. The lowest BCUT2D eigenvalue weighted by molar-refractivity contribution is -0.120. The van der Waals surface area contributed by atoms with Gasteiger partial charge in [0.2, 0.25) is 5.91 Å². The Balaban J connectivity index is 1.72. The summed E-state index contributed by atoms with van der Waals surface area (Å²) in [5, 5.41) is 3.17. The van der Waals surface area contributed by atoms with Gasteiger partial charge in [0.15, 0.2) is 0 Å². The fraction of sp³-hybridized carbons (Fsp3) is 0.929. The summed E-state index contributed by atoms with van der Waals surface area (Å²) in [5.74, 6) is 1.64. The van der Waals surface area contributed by atoms with Crippen LogP contribution < -0.4 is 11.1 Å². The lowest BCUT2D eigenvalue weighted by atomic mass is 10.1. The summed E-state index contributed by atoms with van der Waals surface area (Å²) in [7, 11) is 0. The summed E-state index contributed by atoms with van der Waals surface area (Å²) in [5.41, 5.74) is 5.42. The first-order valence-electron chi connectivity index (χ1n) is 7.44. The zero-order chi connectivity index (χ0) is 13.0. The zero-order valence-corrected chi connectivity index (χ0v) is 11.5. The fourth-order valence-corrected chi connectivity index (χ4v) is 2.49. The van der Waals surface area contributed by atoms with Crippen LogP contribution in [0.2, 0.25) is 0 Å². The van der Waals surface area contributed by atoms with Crippen LogP contribution in [0.5, 0.6) is 0 Å². The van der Waals surface area contributed by atoms with Gasteiger partial charge in [-0.1, -0.05) is 6.92 Å². The summed E-state index contributed by atoms with van der Waals surface area (Å²) >= 11 is 0. The minimum absolute atomic E-state index is 0.157. The van der Waals surface area contributed by atoms with Gasteiger partial charge in [-0.3, -0.25) is 4.79 Å². The molecule has 4 heteroatoms. The van der Waals surface area contributed by atoms with E-state index in [1.807, 2.05) is 6.92 Å². The van der Waals surface area contributed by atoms with Crippen molar-refractivity contribution in [3.8, 4) is 0 Å². The van der Waals surface area contributed by atoms with Crippen molar-refractivity contribution in [3.63, 3.8) is 0 Å². The molecule has 18 heavy (non-hydrogen) atoms. The van der Waals surface area contributed by atoms with Crippen molar-refractivity contribution in [2.24, 2.45) is 17.6 Å². The van der Waals surface area contributed by atoms with E-state index in [0.29, 0.717) is 0 Å². The van der Waals surface area contributed by atoms with Crippen molar-refractivity contribution in [1.29, 1.82) is 0 Å². The molecule has 2 rings (SSSR count). The molecular weight excluding hydrogens is 226 g/mol. The van der Waals surface area contributed by atoms with Crippen LogP contribution in [0.25, 0.3) is 0 Å². The molecule has 0 aliphatic heterocycles. The molecule has 0 saturated heterocycles. The second kappa shape index (κ2) is 6.53. The molecule has 104 valence electrons. The van der Waals surface area contributed by atoms with E-state index in [1.54, 1.807) is 0 Å². The van der Waals surface area contributed by atoms with Crippen molar-refractivity contribution < 1.29 is 4.79 Å². The Bertz CT molecular complexity index is 260. The van der Waals surface area contributed by atoms with E-state index in [0.717, 1.165) is 31.3 Å². The van der Waals surface area contributed by atoms with Crippen molar-refractivity contribution in [2.75, 3.05) is 26.2 Å². The maximum Gasteiger partial charge on any atom is 0.234 e. The third-order valence-electron chi connectivity index (χ3n) is 3.95. The van der Waals surface area contributed by atoms with Crippen LogP contribution in [-0.2, 0) is 4.79 Å². The van der Waals surface area contributed by atoms with Crippen LogP contribution in [0.1, 0.15) is 39.0 Å². The quantitative estimate of drug-likeness (QED) is 0.610. The van der Waals surface area contributed by atoms with Gasteiger partial charge in [0.05, 0.1) is 6.04 Å². The normalized spacial score (nSPS) is 21.2. The topological polar surface area (TPSA) is 58.4 Å². The smallest absolute Gasteiger partial charge is 0.234 e. The molecule has 2 saturated carbocycles. The Morgan fingerprint density at radius 1 is 1.28 bits per heavy atom. The lowest BCUT2D eigenvalue weighted by Gasteiger charge is -2.24. The number of nitrogens with zero attached hydrogens (tertiary/aromatic N) is 1. The number of rotatable bonds is 10. The number of nitrogens with one attached hydrogen (secondary N) is 1. The average molecular weight is 253 g/mol. The molecule has 0 spiro atoms. The maximum atomic E-state index is 11.3. The first-order valence-corrected chi connectivity index (χ1v) is 7.44. The Morgan fingerprint density at radius 2 is 1.83 bits per heavy atom. The minimum Gasteiger partial charge on any atom is -0.368 e. The predicted molar refractivity (Wildman–Crippen MR) is 73.2 cm³/mol. The molecule has 2 fully saturated rings. The number of amides is 1. The molecule has 0 radical (unpaired) electrons. The third kappa shape index (κ3) is 4.94. The number of hydrogen-bond donors (Lipinski definition) is 2. The van der Waals surface area contributed by atoms with Crippen LogP contribution in [0, 0.1) is 11.8 Å². The molecule has 0 aromatic carbocycles. The fourth-order valence-electron chi connectivity index (χ4n) is 2.49. The highest BCUT2D eigenvalue weighted by atomic mass is 16.1.